The van der Waals surface area contributed by atoms with Gasteiger partial charge in [0.1, 0.15) is 17.4 Å². The van der Waals surface area contributed by atoms with Gasteiger partial charge in [0.2, 0.25) is 0 Å². The van der Waals surface area contributed by atoms with Crippen LogP contribution in [0.4, 0.5) is 10.2 Å². The van der Waals surface area contributed by atoms with Gasteiger partial charge in [-0.3, -0.25) is 4.79 Å². The first kappa shape index (κ1) is 19.4. The lowest BCUT2D eigenvalue weighted by Crippen LogP contribution is -2.23. The summed E-state index contributed by atoms with van der Waals surface area (Å²) in [6, 6.07) is 17.5. The summed E-state index contributed by atoms with van der Waals surface area (Å²) in [5, 5.41) is 6.01. The molecule has 0 aliphatic carbocycles. The summed E-state index contributed by atoms with van der Waals surface area (Å²) in [6.45, 7) is 0.876. The van der Waals surface area contributed by atoms with Crippen LogP contribution in [0.25, 0.3) is 0 Å². The number of ether oxygens (including phenoxy) is 1. The number of carbonyl (C=O) groups is 1. The molecule has 3 rings (SSSR count). The number of pyridine rings is 1. The molecule has 2 aromatic carbocycles. The second-order valence-corrected chi connectivity index (χ2v) is 6.19. The SMILES string of the molecule is COc1ccccc1CNC(=O)c1ccnc(NCCc2ccccc2F)c1. The molecule has 0 unspecified atom stereocenters. The highest BCUT2D eigenvalue weighted by atomic mass is 19.1. The minimum atomic E-state index is -0.221. The van der Waals surface area contributed by atoms with E-state index in [0.717, 1.165) is 11.3 Å². The van der Waals surface area contributed by atoms with Gasteiger partial charge in [0.05, 0.1) is 7.11 Å². The first-order valence-electron chi connectivity index (χ1n) is 9.01. The summed E-state index contributed by atoms with van der Waals surface area (Å²) < 4.78 is 19.0. The maximum absolute atomic E-state index is 13.7. The summed E-state index contributed by atoms with van der Waals surface area (Å²) in [5.74, 6) is 0.876. The molecule has 0 spiro atoms. The van der Waals surface area contributed by atoms with E-state index in [2.05, 4.69) is 15.6 Å². The Bertz CT molecular complexity index is 946. The summed E-state index contributed by atoms with van der Waals surface area (Å²) >= 11 is 0. The zero-order valence-corrected chi connectivity index (χ0v) is 15.6. The molecule has 1 heterocycles. The van der Waals surface area contributed by atoms with Crippen LogP contribution >= 0.6 is 0 Å². The first-order chi connectivity index (χ1) is 13.7. The van der Waals surface area contributed by atoms with E-state index in [9.17, 15) is 9.18 Å². The number of aromatic nitrogens is 1. The quantitative estimate of drug-likeness (QED) is 0.625. The van der Waals surface area contributed by atoms with Crippen molar-refractivity contribution < 1.29 is 13.9 Å². The minimum Gasteiger partial charge on any atom is -0.496 e. The molecule has 0 saturated carbocycles. The van der Waals surface area contributed by atoms with Crippen LogP contribution in [-0.2, 0) is 13.0 Å². The van der Waals surface area contributed by atoms with Crippen molar-refractivity contribution in [2.45, 2.75) is 13.0 Å². The lowest BCUT2D eigenvalue weighted by Gasteiger charge is -2.10. The topological polar surface area (TPSA) is 63.2 Å². The number of para-hydroxylation sites is 1. The number of halogens is 1. The maximum atomic E-state index is 13.7. The van der Waals surface area contributed by atoms with Crippen LogP contribution in [-0.4, -0.2) is 24.5 Å². The van der Waals surface area contributed by atoms with Gasteiger partial charge in [-0.2, -0.15) is 0 Å². The molecule has 5 nitrogen and oxygen atoms in total. The maximum Gasteiger partial charge on any atom is 0.251 e. The van der Waals surface area contributed by atoms with E-state index in [1.54, 1.807) is 37.6 Å². The standard InChI is InChI=1S/C22H22FN3O2/c1-28-20-9-5-3-7-18(20)15-26-22(27)17-11-13-25-21(14-17)24-12-10-16-6-2-4-8-19(16)23/h2-9,11,13-14H,10,12,15H2,1H3,(H,24,25)(H,26,27). The van der Waals surface area contributed by atoms with Crippen molar-refractivity contribution in [2.75, 3.05) is 19.0 Å². The molecule has 144 valence electrons. The average Bonchev–Trinajstić information content (AvgIpc) is 2.74. The molecule has 3 aromatic rings. The van der Waals surface area contributed by atoms with Crippen LogP contribution in [0, 0.1) is 5.82 Å². The van der Waals surface area contributed by atoms with E-state index < -0.39 is 0 Å². The van der Waals surface area contributed by atoms with Gasteiger partial charge in [-0.15, -0.1) is 0 Å². The highest BCUT2D eigenvalue weighted by Crippen LogP contribution is 2.17. The van der Waals surface area contributed by atoms with E-state index in [1.165, 1.54) is 6.07 Å². The van der Waals surface area contributed by atoms with Gasteiger partial charge < -0.3 is 15.4 Å². The van der Waals surface area contributed by atoms with Crippen molar-refractivity contribution in [3.05, 3.63) is 89.4 Å². The molecule has 0 fully saturated rings. The number of nitrogens with one attached hydrogen (secondary N) is 2. The minimum absolute atomic E-state index is 0.203. The smallest absolute Gasteiger partial charge is 0.251 e. The molecule has 1 amide bonds. The number of rotatable bonds is 8. The summed E-state index contributed by atoms with van der Waals surface area (Å²) in [4.78, 5) is 16.7. The molecule has 0 atom stereocenters. The third kappa shape index (κ3) is 5.07. The Kier molecular flexibility index (Phi) is 6.57. The molecular weight excluding hydrogens is 357 g/mol. The number of hydrogen-bond acceptors (Lipinski definition) is 4. The molecule has 1 aromatic heterocycles. The van der Waals surface area contributed by atoms with Crippen LogP contribution in [0.3, 0.4) is 0 Å². The van der Waals surface area contributed by atoms with Crippen molar-refractivity contribution in [1.82, 2.24) is 10.3 Å². The molecule has 0 radical (unpaired) electrons. The highest BCUT2D eigenvalue weighted by molar-refractivity contribution is 5.94. The van der Waals surface area contributed by atoms with Gasteiger partial charge in [-0.1, -0.05) is 36.4 Å². The summed E-state index contributed by atoms with van der Waals surface area (Å²) in [6.07, 6.45) is 2.10. The molecule has 0 aliphatic heterocycles. The fourth-order valence-electron chi connectivity index (χ4n) is 2.82. The predicted molar refractivity (Wildman–Crippen MR) is 107 cm³/mol. The number of methoxy groups -OCH3 is 1. The summed E-state index contributed by atoms with van der Waals surface area (Å²) in [7, 11) is 1.60. The third-order valence-electron chi connectivity index (χ3n) is 4.31. The molecule has 0 bridgehead atoms. The van der Waals surface area contributed by atoms with Crippen LogP contribution in [0.1, 0.15) is 21.5 Å². The fraction of sp³-hybridized carbons (Fsp3) is 0.182. The Labute approximate surface area is 163 Å². The van der Waals surface area contributed by atoms with E-state index in [0.29, 0.717) is 36.5 Å². The Morgan fingerprint density at radius 1 is 1.07 bits per heavy atom. The third-order valence-corrected chi connectivity index (χ3v) is 4.31. The fourth-order valence-corrected chi connectivity index (χ4v) is 2.82. The van der Waals surface area contributed by atoms with E-state index >= 15 is 0 Å². The van der Waals surface area contributed by atoms with E-state index in [1.807, 2.05) is 30.3 Å². The van der Waals surface area contributed by atoms with Crippen molar-refractivity contribution in [3.8, 4) is 5.75 Å². The van der Waals surface area contributed by atoms with Gasteiger partial charge in [0.15, 0.2) is 0 Å². The number of hydrogen-bond donors (Lipinski definition) is 2. The van der Waals surface area contributed by atoms with Crippen molar-refractivity contribution in [2.24, 2.45) is 0 Å². The second kappa shape index (κ2) is 9.50. The lowest BCUT2D eigenvalue weighted by molar-refractivity contribution is 0.0950. The first-order valence-corrected chi connectivity index (χ1v) is 9.01. The van der Waals surface area contributed by atoms with Crippen LogP contribution in [0.15, 0.2) is 66.9 Å². The Morgan fingerprint density at radius 3 is 2.61 bits per heavy atom. The highest BCUT2D eigenvalue weighted by Gasteiger charge is 2.09. The monoisotopic (exact) mass is 379 g/mol. The number of anilines is 1. The van der Waals surface area contributed by atoms with Crippen LogP contribution in [0.2, 0.25) is 0 Å². The van der Waals surface area contributed by atoms with Crippen LogP contribution < -0.4 is 15.4 Å². The number of benzene rings is 2. The zero-order valence-electron chi connectivity index (χ0n) is 15.6. The molecule has 2 N–H and O–H groups in total. The molecular formula is C22H22FN3O2. The predicted octanol–water partition coefficient (Wildman–Crippen LogP) is 3.81. The van der Waals surface area contributed by atoms with Crippen molar-refractivity contribution in [3.63, 3.8) is 0 Å². The average molecular weight is 379 g/mol. The van der Waals surface area contributed by atoms with E-state index in [-0.39, 0.29) is 11.7 Å². The number of amides is 1. The normalized spacial score (nSPS) is 10.4. The summed E-state index contributed by atoms with van der Waals surface area (Å²) in [5.41, 5.74) is 2.04. The second-order valence-electron chi connectivity index (χ2n) is 6.19. The van der Waals surface area contributed by atoms with Gasteiger partial charge in [0, 0.05) is 30.4 Å². The zero-order chi connectivity index (χ0) is 19.8. The molecule has 0 aliphatic rings. The van der Waals surface area contributed by atoms with Crippen molar-refractivity contribution >= 4 is 11.7 Å². The largest absolute Gasteiger partial charge is 0.496 e. The van der Waals surface area contributed by atoms with Gasteiger partial charge in [0.25, 0.3) is 5.91 Å². The van der Waals surface area contributed by atoms with Gasteiger partial charge in [-0.05, 0) is 36.2 Å². The Balaban J connectivity index is 1.56. The van der Waals surface area contributed by atoms with Crippen molar-refractivity contribution in [1.29, 1.82) is 0 Å². The molecule has 0 saturated heterocycles. The number of carbonyl (C=O) groups excluding carboxylic acids is 1. The van der Waals surface area contributed by atoms with E-state index in [4.69, 9.17) is 4.74 Å². The van der Waals surface area contributed by atoms with Crippen LogP contribution in [0.5, 0.6) is 5.75 Å². The Morgan fingerprint density at radius 2 is 1.82 bits per heavy atom. The molecule has 28 heavy (non-hydrogen) atoms. The van der Waals surface area contributed by atoms with Gasteiger partial charge >= 0.3 is 0 Å². The molecule has 6 heteroatoms. The van der Waals surface area contributed by atoms with Gasteiger partial charge in [-0.25, -0.2) is 9.37 Å². The lowest BCUT2D eigenvalue weighted by atomic mass is 10.1. The Hall–Kier alpha value is -3.41. The number of nitrogens with zero attached hydrogens (tertiary/aromatic N) is 1.